The number of benzene rings is 1. The highest BCUT2D eigenvalue weighted by atomic mass is 16.5. The maximum Gasteiger partial charge on any atom is 0.124 e. The van der Waals surface area contributed by atoms with Crippen molar-refractivity contribution in [3.8, 4) is 5.75 Å². The summed E-state index contributed by atoms with van der Waals surface area (Å²) in [4.78, 5) is 0. The van der Waals surface area contributed by atoms with Gasteiger partial charge in [-0.1, -0.05) is 6.42 Å². The minimum atomic E-state index is 0.496. The quantitative estimate of drug-likeness (QED) is 0.874. The van der Waals surface area contributed by atoms with Gasteiger partial charge in [-0.05, 0) is 74.8 Å². The second kappa shape index (κ2) is 5.54. The number of aryl methyl sites for hydroxylation is 1. The molecule has 2 nitrogen and oxygen atoms in total. The first-order valence-corrected chi connectivity index (χ1v) is 7.74. The van der Waals surface area contributed by atoms with Crippen LogP contribution >= 0.6 is 0 Å². The van der Waals surface area contributed by atoms with E-state index in [0.29, 0.717) is 6.04 Å². The van der Waals surface area contributed by atoms with Gasteiger partial charge in [-0.2, -0.15) is 0 Å². The van der Waals surface area contributed by atoms with E-state index in [0.717, 1.165) is 12.3 Å². The fraction of sp³-hybridized carbons (Fsp3) is 0.647. The van der Waals surface area contributed by atoms with Gasteiger partial charge < -0.3 is 10.1 Å². The number of piperidine rings is 1. The number of rotatable bonds is 2. The lowest BCUT2D eigenvalue weighted by molar-refractivity contribution is 0.371. The van der Waals surface area contributed by atoms with E-state index >= 15 is 0 Å². The van der Waals surface area contributed by atoms with Crippen LogP contribution < -0.4 is 10.1 Å². The molecule has 1 aliphatic heterocycles. The molecule has 1 atom stereocenters. The highest BCUT2D eigenvalue weighted by Gasteiger charge is 2.24. The molecule has 0 saturated carbocycles. The molecule has 1 N–H and O–H groups in total. The Hall–Kier alpha value is -1.02. The SMILES string of the molecule is COc1cc2c(c(C)c1C1CCCCN1)CCCC2. The van der Waals surface area contributed by atoms with Crippen LogP contribution in [0.5, 0.6) is 5.75 Å². The number of nitrogens with one attached hydrogen (secondary N) is 1. The van der Waals surface area contributed by atoms with Gasteiger partial charge in [-0.15, -0.1) is 0 Å². The van der Waals surface area contributed by atoms with E-state index in [2.05, 4.69) is 18.3 Å². The second-order valence-electron chi connectivity index (χ2n) is 5.96. The van der Waals surface area contributed by atoms with Gasteiger partial charge in [-0.3, -0.25) is 0 Å². The van der Waals surface area contributed by atoms with Crippen LogP contribution in [0.4, 0.5) is 0 Å². The molecule has 1 aromatic carbocycles. The van der Waals surface area contributed by atoms with Crippen LogP contribution in [0.15, 0.2) is 6.07 Å². The zero-order valence-electron chi connectivity index (χ0n) is 12.2. The fourth-order valence-electron chi connectivity index (χ4n) is 3.80. The van der Waals surface area contributed by atoms with Crippen LogP contribution in [-0.4, -0.2) is 13.7 Å². The van der Waals surface area contributed by atoms with Gasteiger partial charge >= 0.3 is 0 Å². The van der Waals surface area contributed by atoms with Gasteiger partial charge in [0.15, 0.2) is 0 Å². The monoisotopic (exact) mass is 259 g/mol. The van der Waals surface area contributed by atoms with Crippen LogP contribution in [0.3, 0.4) is 0 Å². The zero-order valence-corrected chi connectivity index (χ0v) is 12.2. The summed E-state index contributed by atoms with van der Waals surface area (Å²) in [5, 5.41) is 3.68. The molecular weight excluding hydrogens is 234 g/mol. The molecule has 0 amide bonds. The number of fused-ring (bicyclic) bond motifs is 1. The van der Waals surface area contributed by atoms with Gasteiger partial charge in [-0.25, -0.2) is 0 Å². The molecule has 1 fully saturated rings. The Labute approximate surface area is 116 Å². The summed E-state index contributed by atoms with van der Waals surface area (Å²) < 4.78 is 5.71. The third-order valence-corrected chi connectivity index (χ3v) is 4.82. The molecule has 2 aliphatic rings. The van der Waals surface area contributed by atoms with Gasteiger partial charge in [0, 0.05) is 11.6 Å². The minimum absolute atomic E-state index is 0.496. The summed E-state index contributed by atoms with van der Waals surface area (Å²) in [6.07, 6.45) is 9.04. The molecule has 1 saturated heterocycles. The van der Waals surface area contributed by atoms with Gasteiger partial charge in [0.2, 0.25) is 0 Å². The lowest BCUT2D eigenvalue weighted by atomic mass is 9.83. The van der Waals surface area contributed by atoms with Crippen LogP contribution in [0.2, 0.25) is 0 Å². The van der Waals surface area contributed by atoms with E-state index in [1.165, 1.54) is 61.6 Å². The zero-order chi connectivity index (χ0) is 13.2. The second-order valence-corrected chi connectivity index (χ2v) is 5.96. The molecule has 0 spiro atoms. The fourth-order valence-corrected chi connectivity index (χ4v) is 3.80. The van der Waals surface area contributed by atoms with Crippen molar-refractivity contribution in [3.63, 3.8) is 0 Å². The molecule has 1 aromatic rings. The molecule has 1 unspecified atom stereocenters. The maximum absolute atomic E-state index is 5.71. The summed E-state index contributed by atoms with van der Waals surface area (Å²) >= 11 is 0. The predicted molar refractivity (Wildman–Crippen MR) is 79.0 cm³/mol. The van der Waals surface area contributed by atoms with Crippen LogP contribution in [0.1, 0.15) is 60.4 Å². The van der Waals surface area contributed by atoms with Crippen molar-refractivity contribution in [2.75, 3.05) is 13.7 Å². The first kappa shape index (κ1) is 13.0. The van der Waals surface area contributed by atoms with Crippen LogP contribution in [0, 0.1) is 6.92 Å². The average molecular weight is 259 g/mol. The van der Waals surface area contributed by atoms with Crippen molar-refractivity contribution in [1.82, 2.24) is 5.32 Å². The van der Waals surface area contributed by atoms with Gasteiger partial charge in [0.05, 0.1) is 7.11 Å². The molecule has 1 heterocycles. The Morgan fingerprint density at radius 1 is 1.16 bits per heavy atom. The van der Waals surface area contributed by atoms with Crippen molar-refractivity contribution in [2.24, 2.45) is 0 Å². The number of hydrogen-bond acceptors (Lipinski definition) is 2. The minimum Gasteiger partial charge on any atom is -0.496 e. The number of hydrogen-bond donors (Lipinski definition) is 1. The molecule has 0 radical (unpaired) electrons. The molecule has 0 aromatic heterocycles. The summed E-state index contributed by atoms with van der Waals surface area (Å²) in [5.41, 5.74) is 6.06. The molecule has 19 heavy (non-hydrogen) atoms. The highest BCUT2D eigenvalue weighted by molar-refractivity contribution is 5.51. The van der Waals surface area contributed by atoms with E-state index in [1.807, 2.05) is 7.11 Å². The lowest BCUT2D eigenvalue weighted by Crippen LogP contribution is -2.28. The summed E-state index contributed by atoms with van der Waals surface area (Å²) in [6, 6.07) is 2.81. The molecule has 0 bridgehead atoms. The number of methoxy groups -OCH3 is 1. The Bertz CT molecular complexity index is 461. The average Bonchev–Trinajstić information content (AvgIpc) is 2.48. The van der Waals surface area contributed by atoms with Gasteiger partial charge in [0.1, 0.15) is 5.75 Å². The van der Waals surface area contributed by atoms with E-state index in [9.17, 15) is 0 Å². The molecule has 1 aliphatic carbocycles. The Morgan fingerprint density at radius 2 is 2.00 bits per heavy atom. The summed E-state index contributed by atoms with van der Waals surface area (Å²) in [5.74, 6) is 1.11. The van der Waals surface area contributed by atoms with Gasteiger partial charge in [0.25, 0.3) is 0 Å². The maximum atomic E-state index is 5.71. The van der Waals surface area contributed by atoms with E-state index in [4.69, 9.17) is 4.74 Å². The highest BCUT2D eigenvalue weighted by Crippen LogP contribution is 2.38. The van der Waals surface area contributed by atoms with Crippen molar-refractivity contribution in [1.29, 1.82) is 0 Å². The largest absolute Gasteiger partial charge is 0.496 e. The topological polar surface area (TPSA) is 21.3 Å². The lowest BCUT2D eigenvalue weighted by Gasteiger charge is -2.30. The van der Waals surface area contributed by atoms with Crippen LogP contribution in [0.25, 0.3) is 0 Å². The van der Waals surface area contributed by atoms with E-state index < -0.39 is 0 Å². The summed E-state index contributed by atoms with van der Waals surface area (Å²) in [6.45, 7) is 3.45. The predicted octanol–water partition coefficient (Wildman–Crippen LogP) is 3.70. The smallest absolute Gasteiger partial charge is 0.124 e. The standard InChI is InChI=1S/C17H25NO/c1-12-14-8-4-3-7-13(14)11-16(19-2)17(12)15-9-5-6-10-18-15/h11,15,18H,3-10H2,1-2H3. The molecule has 3 rings (SSSR count). The van der Waals surface area contributed by atoms with Crippen molar-refractivity contribution >= 4 is 0 Å². The van der Waals surface area contributed by atoms with E-state index in [1.54, 1.807) is 5.56 Å². The first-order valence-electron chi connectivity index (χ1n) is 7.74. The Kier molecular flexibility index (Phi) is 3.79. The van der Waals surface area contributed by atoms with Crippen LogP contribution in [-0.2, 0) is 12.8 Å². The Morgan fingerprint density at radius 3 is 2.74 bits per heavy atom. The molecule has 2 heteroatoms. The third-order valence-electron chi connectivity index (χ3n) is 4.82. The normalized spacial score (nSPS) is 22.9. The van der Waals surface area contributed by atoms with Crippen molar-refractivity contribution in [2.45, 2.75) is 57.9 Å². The first-order chi connectivity index (χ1) is 9.31. The molecule has 104 valence electrons. The van der Waals surface area contributed by atoms with Crippen molar-refractivity contribution < 1.29 is 4.74 Å². The van der Waals surface area contributed by atoms with Crippen molar-refractivity contribution in [3.05, 3.63) is 28.3 Å². The van der Waals surface area contributed by atoms with E-state index in [-0.39, 0.29) is 0 Å². The Balaban J connectivity index is 2.05. The molecular formula is C17H25NO. The third kappa shape index (κ3) is 2.38. The summed E-state index contributed by atoms with van der Waals surface area (Å²) in [7, 11) is 1.82. The number of ether oxygens (including phenoxy) is 1.